The number of nitrogens with zero attached hydrogens (tertiary/aromatic N) is 2. The number of anilines is 1. The molecule has 0 unspecified atom stereocenters. The van der Waals surface area contributed by atoms with Crippen molar-refractivity contribution in [3.05, 3.63) is 94.8 Å². The minimum atomic E-state index is -0.283. The molecule has 3 aromatic rings. The molecule has 3 rings (SSSR count). The maximum Gasteiger partial charge on any atom is 0.258 e. The average Bonchev–Trinajstić information content (AvgIpc) is 2.78. The quantitative estimate of drug-likeness (QED) is 0.400. The molecule has 1 aromatic heterocycles. The van der Waals surface area contributed by atoms with Gasteiger partial charge in [-0.05, 0) is 65.9 Å². The van der Waals surface area contributed by atoms with Gasteiger partial charge in [0.1, 0.15) is 0 Å². The Hall–Kier alpha value is -3.18. The topological polar surface area (TPSA) is 66.4 Å². The molecule has 1 heterocycles. The second kappa shape index (κ2) is 10.6. The van der Waals surface area contributed by atoms with Gasteiger partial charge in [-0.1, -0.05) is 43.6 Å². The van der Waals surface area contributed by atoms with Crippen molar-refractivity contribution in [1.29, 1.82) is 0 Å². The number of carbonyl (C=O) groups excluding carboxylic acids is 1. The summed E-state index contributed by atoms with van der Waals surface area (Å²) >= 11 is 6.02. The van der Waals surface area contributed by atoms with Crippen LogP contribution < -0.4 is 10.6 Å². The Morgan fingerprint density at radius 2 is 1.83 bits per heavy atom. The van der Waals surface area contributed by atoms with Crippen molar-refractivity contribution in [2.75, 3.05) is 5.32 Å². The maximum absolute atomic E-state index is 12.7. The number of pyridine rings is 1. The molecule has 1 atom stereocenters. The largest absolute Gasteiger partial charge is 0.326 e. The number of nitrogens with one attached hydrogen (secondary N) is 2. The Balaban J connectivity index is 1.79. The van der Waals surface area contributed by atoms with Crippen molar-refractivity contribution >= 4 is 29.2 Å². The Bertz CT molecular complexity index is 1000. The van der Waals surface area contributed by atoms with Crippen LogP contribution in [0.5, 0.6) is 0 Å². The van der Waals surface area contributed by atoms with Crippen LogP contribution in [0, 0.1) is 0 Å². The lowest BCUT2D eigenvalue weighted by Gasteiger charge is -2.14. The van der Waals surface area contributed by atoms with Crippen molar-refractivity contribution in [2.45, 2.75) is 32.7 Å². The molecule has 0 spiro atoms. The molecule has 0 radical (unpaired) electrons. The summed E-state index contributed by atoms with van der Waals surface area (Å²) in [7, 11) is 0. The number of guanidine groups is 1. The lowest BCUT2D eigenvalue weighted by molar-refractivity contribution is 0.0977. The average molecular weight is 421 g/mol. The molecule has 0 saturated heterocycles. The molecule has 0 bridgehead atoms. The van der Waals surface area contributed by atoms with Crippen LogP contribution in [0.25, 0.3) is 0 Å². The molecule has 0 fully saturated rings. The summed E-state index contributed by atoms with van der Waals surface area (Å²) in [5, 5.41) is 6.58. The van der Waals surface area contributed by atoms with Crippen LogP contribution in [0.15, 0.2) is 78.0 Å². The number of carbonyl (C=O) groups is 1. The summed E-state index contributed by atoms with van der Waals surface area (Å²) in [6.07, 6.45) is 4.52. The SMILES string of the molecule is CC[C@H](C)c1ccc(NC(=NCc2ccncc2)NC(=O)c2cccc(Cl)c2)cc1. The molecule has 0 aliphatic heterocycles. The van der Waals surface area contributed by atoms with Crippen molar-refractivity contribution in [3.8, 4) is 0 Å². The van der Waals surface area contributed by atoms with Crippen LogP contribution in [0.3, 0.4) is 0 Å². The first-order valence-electron chi connectivity index (χ1n) is 9.92. The summed E-state index contributed by atoms with van der Waals surface area (Å²) in [6, 6.07) is 18.8. The second-order valence-corrected chi connectivity index (χ2v) is 7.48. The summed E-state index contributed by atoms with van der Waals surface area (Å²) in [4.78, 5) is 21.3. The first-order chi connectivity index (χ1) is 14.5. The molecule has 1 amide bonds. The first-order valence-corrected chi connectivity index (χ1v) is 10.3. The fourth-order valence-corrected chi connectivity index (χ4v) is 3.04. The molecule has 2 N–H and O–H groups in total. The molecule has 154 valence electrons. The van der Waals surface area contributed by atoms with Gasteiger partial charge in [0.2, 0.25) is 5.96 Å². The van der Waals surface area contributed by atoms with Crippen LogP contribution in [0.1, 0.15) is 47.7 Å². The standard InChI is InChI=1S/C24H25ClN4O/c1-3-17(2)19-7-9-22(10-8-19)28-24(27-16-18-11-13-26-14-12-18)29-23(30)20-5-4-6-21(25)15-20/h4-15,17H,3,16H2,1-2H3,(H2,27,28,29,30)/t17-/m0/s1. The highest BCUT2D eigenvalue weighted by molar-refractivity contribution is 6.31. The predicted octanol–water partition coefficient (Wildman–Crippen LogP) is 5.65. The fraction of sp³-hybridized carbons (Fsp3) is 0.208. The zero-order valence-electron chi connectivity index (χ0n) is 17.1. The highest BCUT2D eigenvalue weighted by Crippen LogP contribution is 2.20. The molecular weight excluding hydrogens is 396 g/mol. The molecule has 0 aliphatic rings. The molecule has 6 heteroatoms. The summed E-state index contributed by atoms with van der Waals surface area (Å²) < 4.78 is 0. The Morgan fingerprint density at radius 3 is 2.50 bits per heavy atom. The second-order valence-electron chi connectivity index (χ2n) is 7.04. The van der Waals surface area contributed by atoms with E-state index >= 15 is 0 Å². The van der Waals surface area contributed by atoms with E-state index in [0.717, 1.165) is 17.7 Å². The lowest BCUT2D eigenvalue weighted by Crippen LogP contribution is -2.36. The van der Waals surface area contributed by atoms with Gasteiger partial charge in [0.05, 0.1) is 6.54 Å². The summed E-state index contributed by atoms with van der Waals surface area (Å²) in [6.45, 7) is 4.78. The number of benzene rings is 2. The van der Waals surface area contributed by atoms with E-state index in [9.17, 15) is 4.79 Å². The molecule has 30 heavy (non-hydrogen) atoms. The normalized spacial score (nSPS) is 12.3. The van der Waals surface area contributed by atoms with Crippen molar-refractivity contribution in [1.82, 2.24) is 10.3 Å². The van der Waals surface area contributed by atoms with E-state index in [0.29, 0.717) is 29.0 Å². The van der Waals surface area contributed by atoms with E-state index in [1.165, 1.54) is 5.56 Å². The fourth-order valence-electron chi connectivity index (χ4n) is 2.85. The van der Waals surface area contributed by atoms with E-state index in [1.807, 2.05) is 24.3 Å². The van der Waals surface area contributed by atoms with Gasteiger partial charge in [-0.2, -0.15) is 0 Å². The van der Waals surface area contributed by atoms with Crippen LogP contribution >= 0.6 is 11.6 Å². The van der Waals surface area contributed by atoms with Crippen LogP contribution in [-0.4, -0.2) is 16.9 Å². The number of halogens is 1. The molecule has 0 aliphatic carbocycles. The van der Waals surface area contributed by atoms with Gasteiger partial charge in [0.25, 0.3) is 5.91 Å². The number of rotatable bonds is 6. The third kappa shape index (κ3) is 6.16. The van der Waals surface area contributed by atoms with Crippen molar-refractivity contribution in [3.63, 3.8) is 0 Å². The van der Waals surface area contributed by atoms with Crippen LogP contribution in [-0.2, 0) is 6.54 Å². The Labute approximate surface area is 182 Å². The smallest absolute Gasteiger partial charge is 0.258 e. The van der Waals surface area contributed by atoms with Gasteiger partial charge >= 0.3 is 0 Å². The Morgan fingerprint density at radius 1 is 1.10 bits per heavy atom. The molecule has 0 saturated carbocycles. The number of hydrogen-bond donors (Lipinski definition) is 2. The minimum absolute atomic E-state index is 0.283. The number of aliphatic imine (C=N–C) groups is 1. The highest BCUT2D eigenvalue weighted by atomic mass is 35.5. The van der Waals surface area contributed by atoms with E-state index in [-0.39, 0.29) is 5.91 Å². The van der Waals surface area contributed by atoms with Crippen molar-refractivity contribution in [2.24, 2.45) is 4.99 Å². The zero-order chi connectivity index (χ0) is 21.3. The highest BCUT2D eigenvalue weighted by Gasteiger charge is 2.10. The van der Waals surface area contributed by atoms with Crippen molar-refractivity contribution < 1.29 is 4.79 Å². The number of amides is 1. The zero-order valence-corrected chi connectivity index (χ0v) is 17.9. The first kappa shape index (κ1) is 21.5. The van der Waals surface area contributed by atoms with E-state index in [4.69, 9.17) is 11.6 Å². The number of aromatic nitrogens is 1. The summed E-state index contributed by atoms with van der Waals surface area (Å²) in [5.74, 6) is 0.587. The van der Waals surface area contributed by atoms with Gasteiger partial charge in [0, 0.05) is 28.7 Å². The number of hydrogen-bond acceptors (Lipinski definition) is 3. The molecular formula is C24H25ClN4O. The van der Waals surface area contributed by atoms with Gasteiger partial charge in [0.15, 0.2) is 0 Å². The van der Waals surface area contributed by atoms with Crippen LogP contribution in [0.4, 0.5) is 5.69 Å². The lowest BCUT2D eigenvalue weighted by atomic mass is 9.99. The van der Waals surface area contributed by atoms with E-state index in [1.54, 1.807) is 36.7 Å². The third-order valence-electron chi connectivity index (χ3n) is 4.84. The van der Waals surface area contributed by atoms with Gasteiger partial charge in [-0.15, -0.1) is 0 Å². The molecule has 2 aromatic carbocycles. The minimum Gasteiger partial charge on any atom is -0.326 e. The van der Waals surface area contributed by atoms with Crippen LogP contribution in [0.2, 0.25) is 5.02 Å². The molecule has 5 nitrogen and oxygen atoms in total. The van der Waals surface area contributed by atoms with E-state index in [2.05, 4.69) is 46.6 Å². The van der Waals surface area contributed by atoms with E-state index < -0.39 is 0 Å². The van der Waals surface area contributed by atoms with Gasteiger partial charge in [-0.3, -0.25) is 15.1 Å². The van der Waals surface area contributed by atoms with Gasteiger partial charge in [-0.25, -0.2) is 4.99 Å². The maximum atomic E-state index is 12.7. The predicted molar refractivity (Wildman–Crippen MR) is 123 cm³/mol. The van der Waals surface area contributed by atoms with Gasteiger partial charge < -0.3 is 5.32 Å². The Kier molecular flexibility index (Phi) is 7.57. The third-order valence-corrected chi connectivity index (χ3v) is 5.08. The summed E-state index contributed by atoms with van der Waals surface area (Å²) in [5.41, 5.74) is 3.59. The monoisotopic (exact) mass is 420 g/mol.